The largest absolute Gasteiger partial charge is 0.493 e. The van der Waals surface area contributed by atoms with Gasteiger partial charge in [0.15, 0.2) is 16.5 Å². The summed E-state index contributed by atoms with van der Waals surface area (Å²) < 4.78 is 41.2. The van der Waals surface area contributed by atoms with Crippen LogP contribution in [0.15, 0.2) is 29.7 Å². The molecule has 0 unspecified atom stereocenters. The van der Waals surface area contributed by atoms with Crippen molar-refractivity contribution in [2.75, 3.05) is 40.4 Å². The number of aromatic nitrogens is 2. The van der Waals surface area contributed by atoms with E-state index in [-0.39, 0.29) is 34.7 Å². The summed E-state index contributed by atoms with van der Waals surface area (Å²) in [6, 6.07) is 3.89. The van der Waals surface area contributed by atoms with E-state index in [4.69, 9.17) is 9.47 Å². The fraction of sp³-hybridized carbons (Fsp3) is 0.621. The average molecular weight is 588 g/mol. The van der Waals surface area contributed by atoms with E-state index >= 15 is 0 Å². The van der Waals surface area contributed by atoms with Gasteiger partial charge in [-0.3, -0.25) is 9.59 Å². The number of aryl methyl sites for hydroxylation is 3. The van der Waals surface area contributed by atoms with E-state index in [0.29, 0.717) is 69.8 Å². The first-order valence-corrected chi connectivity index (χ1v) is 15.9. The Kier molecular flexibility index (Phi) is 8.88. The van der Waals surface area contributed by atoms with Crippen LogP contribution in [0.1, 0.15) is 49.7 Å². The van der Waals surface area contributed by atoms with E-state index in [9.17, 15) is 18.0 Å². The highest BCUT2D eigenvalue weighted by Crippen LogP contribution is 2.38. The third kappa shape index (κ3) is 6.38. The maximum atomic E-state index is 13.8. The van der Waals surface area contributed by atoms with Crippen molar-refractivity contribution in [3.05, 3.63) is 35.8 Å². The number of ether oxygens (including phenoxy) is 2. The molecule has 0 saturated carbocycles. The number of nitrogens with one attached hydrogen (secondary N) is 1. The molecule has 0 aliphatic carbocycles. The highest BCUT2D eigenvalue weighted by molar-refractivity contribution is 7.89. The van der Waals surface area contributed by atoms with Crippen LogP contribution < -0.4 is 14.8 Å². The molecule has 5 rings (SSSR count). The van der Waals surface area contributed by atoms with Crippen molar-refractivity contribution in [2.45, 2.75) is 62.4 Å². The maximum Gasteiger partial charge on any atom is 0.262 e. The highest BCUT2D eigenvalue weighted by atomic mass is 32.2. The molecule has 2 fully saturated rings. The van der Waals surface area contributed by atoms with E-state index in [0.717, 1.165) is 30.4 Å². The number of methoxy groups -OCH3 is 2. The van der Waals surface area contributed by atoms with Gasteiger partial charge < -0.3 is 24.3 Å². The first-order chi connectivity index (χ1) is 19.7. The van der Waals surface area contributed by atoms with Crippen LogP contribution in [-0.4, -0.2) is 85.4 Å². The van der Waals surface area contributed by atoms with Gasteiger partial charge in [-0.2, -0.15) is 4.31 Å². The second-order valence-corrected chi connectivity index (χ2v) is 13.4. The molecule has 41 heavy (non-hydrogen) atoms. The number of benzene rings is 1. The molecule has 2 aromatic rings. The molecular weight excluding hydrogens is 546 g/mol. The number of imidazole rings is 1. The van der Waals surface area contributed by atoms with Crippen molar-refractivity contribution < 1.29 is 27.5 Å². The molecule has 1 aromatic carbocycles. The Hall–Kier alpha value is -3.12. The van der Waals surface area contributed by atoms with Gasteiger partial charge in [0.05, 0.1) is 20.5 Å². The summed E-state index contributed by atoms with van der Waals surface area (Å²) in [5, 5.41) is 3.07. The SMILES string of the molecule is COc1cc2cc(c1OC)CCCNC(=O)CCC[C@H]1[C@@H]3C[C@H](CN1C(=O)CC2)CN(S(=O)(=O)c1cn(C)cn1)C3. The fourth-order valence-electron chi connectivity index (χ4n) is 6.71. The lowest BCUT2D eigenvalue weighted by Crippen LogP contribution is -2.60. The number of hydrogen-bond acceptors (Lipinski definition) is 7. The minimum absolute atomic E-state index is 0.000403. The predicted octanol–water partition coefficient (Wildman–Crippen LogP) is 2.14. The Balaban J connectivity index is 1.39. The third-order valence-electron chi connectivity index (χ3n) is 8.63. The number of sulfonamides is 1. The van der Waals surface area contributed by atoms with Gasteiger partial charge in [-0.15, -0.1) is 0 Å². The molecule has 3 aliphatic rings. The van der Waals surface area contributed by atoms with E-state index in [1.54, 1.807) is 30.1 Å². The fourth-order valence-corrected chi connectivity index (χ4v) is 8.25. The normalized spacial score (nSPS) is 24.9. The monoisotopic (exact) mass is 587 g/mol. The molecule has 1 aromatic heterocycles. The minimum atomic E-state index is -3.73. The second kappa shape index (κ2) is 12.4. The van der Waals surface area contributed by atoms with Crippen LogP contribution in [0, 0.1) is 11.8 Å². The van der Waals surface area contributed by atoms with Crippen LogP contribution in [0.5, 0.6) is 11.5 Å². The van der Waals surface area contributed by atoms with E-state index < -0.39 is 10.0 Å². The second-order valence-electron chi connectivity index (χ2n) is 11.5. The Morgan fingerprint density at radius 3 is 2.56 bits per heavy atom. The summed E-state index contributed by atoms with van der Waals surface area (Å²) in [4.78, 5) is 32.5. The van der Waals surface area contributed by atoms with Crippen molar-refractivity contribution in [1.82, 2.24) is 24.1 Å². The Labute approximate surface area is 242 Å². The van der Waals surface area contributed by atoms with Gasteiger partial charge in [-0.25, -0.2) is 13.4 Å². The lowest BCUT2D eigenvalue weighted by Gasteiger charge is -2.50. The van der Waals surface area contributed by atoms with Gasteiger partial charge in [0.25, 0.3) is 10.0 Å². The number of nitrogens with zero attached hydrogens (tertiary/aromatic N) is 4. The zero-order chi connectivity index (χ0) is 29.1. The van der Waals surface area contributed by atoms with Gasteiger partial charge in [-0.1, -0.05) is 6.07 Å². The molecule has 3 aliphatic heterocycles. The first kappa shape index (κ1) is 29.4. The van der Waals surface area contributed by atoms with Crippen LogP contribution in [-0.2, 0) is 39.5 Å². The molecule has 4 bridgehead atoms. The summed E-state index contributed by atoms with van der Waals surface area (Å²) >= 11 is 0. The van der Waals surface area contributed by atoms with Gasteiger partial charge in [0.2, 0.25) is 11.8 Å². The lowest BCUT2D eigenvalue weighted by atomic mass is 9.78. The average Bonchev–Trinajstić information content (AvgIpc) is 3.41. The number of piperidine rings is 2. The molecule has 0 radical (unpaired) electrons. The summed E-state index contributed by atoms with van der Waals surface area (Å²) in [5.74, 6) is 1.43. The topological polar surface area (TPSA) is 123 Å². The Bertz CT molecular complexity index is 1380. The molecule has 0 spiro atoms. The molecule has 2 saturated heterocycles. The lowest BCUT2D eigenvalue weighted by molar-refractivity contribution is -0.140. The zero-order valence-corrected chi connectivity index (χ0v) is 25.0. The van der Waals surface area contributed by atoms with Gasteiger partial charge in [0.1, 0.15) is 0 Å². The van der Waals surface area contributed by atoms with Crippen LogP contribution in [0.2, 0.25) is 0 Å². The van der Waals surface area contributed by atoms with Gasteiger partial charge in [0, 0.05) is 58.3 Å². The summed E-state index contributed by atoms with van der Waals surface area (Å²) in [6.07, 6.45) is 7.96. The number of amides is 2. The van der Waals surface area contributed by atoms with Crippen molar-refractivity contribution in [2.24, 2.45) is 18.9 Å². The molecule has 11 nitrogen and oxygen atoms in total. The number of carbonyl (C=O) groups excluding carboxylic acids is 2. The van der Waals surface area contributed by atoms with E-state index in [1.165, 1.54) is 12.5 Å². The molecule has 12 heteroatoms. The number of fused-ring (bicyclic) bond motifs is 6. The molecule has 1 N–H and O–H groups in total. The molecule has 2 amide bonds. The van der Waals surface area contributed by atoms with Crippen LogP contribution >= 0.6 is 0 Å². The van der Waals surface area contributed by atoms with Crippen LogP contribution in [0.3, 0.4) is 0 Å². The minimum Gasteiger partial charge on any atom is -0.493 e. The van der Waals surface area contributed by atoms with Crippen LogP contribution in [0.25, 0.3) is 0 Å². The molecular formula is C29H41N5O6S. The van der Waals surface area contributed by atoms with Crippen molar-refractivity contribution in [3.8, 4) is 11.5 Å². The first-order valence-electron chi connectivity index (χ1n) is 14.5. The maximum absolute atomic E-state index is 13.8. The quantitative estimate of drug-likeness (QED) is 0.582. The molecule has 4 heterocycles. The predicted molar refractivity (Wildman–Crippen MR) is 152 cm³/mol. The van der Waals surface area contributed by atoms with Crippen molar-refractivity contribution in [3.63, 3.8) is 0 Å². The van der Waals surface area contributed by atoms with Crippen LogP contribution in [0.4, 0.5) is 0 Å². The number of hydrogen-bond donors (Lipinski definition) is 1. The summed E-state index contributed by atoms with van der Waals surface area (Å²) in [7, 11) is 1.25. The Morgan fingerprint density at radius 2 is 1.83 bits per heavy atom. The summed E-state index contributed by atoms with van der Waals surface area (Å²) in [5.41, 5.74) is 2.00. The van der Waals surface area contributed by atoms with Gasteiger partial charge >= 0.3 is 0 Å². The Morgan fingerprint density at radius 1 is 1.00 bits per heavy atom. The zero-order valence-electron chi connectivity index (χ0n) is 24.2. The number of rotatable bonds is 4. The van der Waals surface area contributed by atoms with Crippen molar-refractivity contribution >= 4 is 21.8 Å². The molecule has 3 atom stereocenters. The highest BCUT2D eigenvalue weighted by Gasteiger charge is 2.45. The smallest absolute Gasteiger partial charge is 0.262 e. The third-order valence-corrected chi connectivity index (χ3v) is 10.4. The van der Waals surface area contributed by atoms with E-state index in [1.807, 2.05) is 11.0 Å². The molecule has 224 valence electrons. The van der Waals surface area contributed by atoms with Gasteiger partial charge in [-0.05, 0) is 67.6 Å². The summed E-state index contributed by atoms with van der Waals surface area (Å²) in [6.45, 7) is 1.78. The van der Waals surface area contributed by atoms with E-state index in [2.05, 4.69) is 16.4 Å². The number of carbonyl (C=O) groups is 2. The van der Waals surface area contributed by atoms with Crippen molar-refractivity contribution in [1.29, 1.82) is 0 Å². The standard InChI is InChI=1S/C29H41N5O6S/c1-32-18-27(31-19-32)41(37,38)33-15-21-13-23(17-33)24-7-4-8-26(35)30-11-5-6-22-12-20(9-10-28(36)34(24)16-21)14-25(39-2)29(22)40-3/h12,14,18-19,21,23-24H,4-11,13,15-17H2,1-3H3,(H,30,35)/t21-,23+,24-/m0/s1.